The van der Waals surface area contributed by atoms with Crippen LogP contribution in [-0.2, 0) is 4.74 Å². The van der Waals surface area contributed by atoms with Crippen LogP contribution in [0.25, 0.3) is 0 Å². The van der Waals surface area contributed by atoms with E-state index in [4.69, 9.17) is 4.74 Å². The van der Waals surface area contributed by atoms with Crippen molar-refractivity contribution >= 4 is 0 Å². The summed E-state index contributed by atoms with van der Waals surface area (Å²) >= 11 is 0. The van der Waals surface area contributed by atoms with E-state index < -0.39 is 0 Å². The van der Waals surface area contributed by atoms with Crippen molar-refractivity contribution in [3.8, 4) is 0 Å². The zero-order chi connectivity index (χ0) is 14.2. The fraction of sp³-hybridized carbons (Fsp3) is 0.294. The van der Waals surface area contributed by atoms with Crippen LogP contribution in [0, 0.1) is 0 Å². The summed E-state index contributed by atoms with van der Waals surface area (Å²) in [6, 6.07) is 20.1. The van der Waals surface area contributed by atoms with Gasteiger partial charge in [-0.2, -0.15) is 0 Å². The summed E-state index contributed by atoms with van der Waals surface area (Å²) in [7, 11) is 1.69. The standard InChI is InChI=1S/C17H21NO2/c1-20-13-17(15-10-6-3-7-11-15)18-16(12-19)14-8-4-2-5-9-14/h2-11,16-19H,12-13H2,1H3/t16-,17?/m0/s1. The van der Waals surface area contributed by atoms with Gasteiger partial charge in [0, 0.05) is 7.11 Å². The van der Waals surface area contributed by atoms with Crippen molar-refractivity contribution in [3.05, 3.63) is 71.8 Å². The van der Waals surface area contributed by atoms with E-state index in [0.29, 0.717) is 6.61 Å². The monoisotopic (exact) mass is 271 g/mol. The molecule has 0 spiro atoms. The number of hydrogen-bond acceptors (Lipinski definition) is 3. The fourth-order valence-corrected chi connectivity index (χ4v) is 2.28. The zero-order valence-electron chi connectivity index (χ0n) is 11.7. The number of aliphatic hydroxyl groups excluding tert-OH is 1. The second-order valence-corrected chi connectivity index (χ2v) is 4.73. The van der Waals surface area contributed by atoms with E-state index in [1.54, 1.807) is 7.11 Å². The van der Waals surface area contributed by atoms with E-state index in [0.717, 1.165) is 11.1 Å². The minimum atomic E-state index is -0.100. The molecule has 2 aromatic rings. The molecule has 3 nitrogen and oxygen atoms in total. The smallest absolute Gasteiger partial charge is 0.0657 e. The molecule has 0 radical (unpaired) electrons. The minimum Gasteiger partial charge on any atom is -0.394 e. The SMILES string of the molecule is COCC(N[C@@H](CO)c1ccccc1)c1ccccc1. The van der Waals surface area contributed by atoms with E-state index in [9.17, 15) is 5.11 Å². The molecule has 0 saturated heterocycles. The van der Waals surface area contributed by atoms with Crippen LogP contribution < -0.4 is 5.32 Å². The molecule has 0 saturated carbocycles. The maximum atomic E-state index is 9.64. The summed E-state index contributed by atoms with van der Waals surface area (Å²) in [6.45, 7) is 0.615. The summed E-state index contributed by atoms with van der Waals surface area (Å²) in [6.07, 6.45) is 0. The molecule has 3 heteroatoms. The maximum Gasteiger partial charge on any atom is 0.0657 e. The summed E-state index contributed by atoms with van der Waals surface area (Å²) < 4.78 is 5.30. The third kappa shape index (κ3) is 3.90. The lowest BCUT2D eigenvalue weighted by molar-refractivity contribution is 0.149. The van der Waals surface area contributed by atoms with Crippen molar-refractivity contribution in [1.82, 2.24) is 5.32 Å². The number of methoxy groups -OCH3 is 1. The Balaban J connectivity index is 2.14. The van der Waals surface area contributed by atoms with Gasteiger partial charge in [-0.25, -0.2) is 0 Å². The van der Waals surface area contributed by atoms with E-state index in [1.807, 2.05) is 48.5 Å². The van der Waals surface area contributed by atoms with Crippen molar-refractivity contribution in [2.45, 2.75) is 12.1 Å². The highest BCUT2D eigenvalue weighted by atomic mass is 16.5. The van der Waals surface area contributed by atoms with Crippen LogP contribution in [0.1, 0.15) is 23.2 Å². The van der Waals surface area contributed by atoms with Gasteiger partial charge in [0.2, 0.25) is 0 Å². The first kappa shape index (κ1) is 14.7. The van der Waals surface area contributed by atoms with Gasteiger partial charge in [-0.1, -0.05) is 60.7 Å². The number of rotatable bonds is 7. The summed E-state index contributed by atoms with van der Waals surface area (Å²) in [5, 5.41) is 13.1. The van der Waals surface area contributed by atoms with Crippen molar-refractivity contribution in [2.24, 2.45) is 0 Å². The molecule has 2 N–H and O–H groups in total. The Bertz CT molecular complexity index is 487. The number of nitrogens with one attached hydrogen (secondary N) is 1. The quantitative estimate of drug-likeness (QED) is 0.813. The molecule has 0 aliphatic carbocycles. The first-order chi connectivity index (χ1) is 9.85. The van der Waals surface area contributed by atoms with Gasteiger partial charge in [0.25, 0.3) is 0 Å². The number of aliphatic hydroxyl groups is 1. The van der Waals surface area contributed by atoms with Crippen LogP contribution in [0.2, 0.25) is 0 Å². The molecule has 0 aliphatic heterocycles. The van der Waals surface area contributed by atoms with Crippen molar-refractivity contribution < 1.29 is 9.84 Å². The van der Waals surface area contributed by atoms with Crippen molar-refractivity contribution in [3.63, 3.8) is 0 Å². The highest BCUT2D eigenvalue weighted by molar-refractivity contribution is 5.22. The van der Waals surface area contributed by atoms with Gasteiger partial charge < -0.3 is 9.84 Å². The molecular weight excluding hydrogens is 250 g/mol. The largest absolute Gasteiger partial charge is 0.394 e. The predicted molar refractivity (Wildman–Crippen MR) is 80.5 cm³/mol. The molecule has 1 unspecified atom stereocenters. The molecule has 2 rings (SSSR count). The second kappa shape index (κ2) is 7.80. The third-order valence-corrected chi connectivity index (χ3v) is 3.32. The first-order valence-electron chi connectivity index (χ1n) is 6.81. The van der Waals surface area contributed by atoms with Crippen LogP contribution >= 0.6 is 0 Å². The molecule has 0 aromatic heterocycles. The van der Waals surface area contributed by atoms with Crippen molar-refractivity contribution in [1.29, 1.82) is 0 Å². The van der Waals surface area contributed by atoms with Gasteiger partial charge in [0.05, 0.1) is 25.3 Å². The molecule has 2 aromatic carbocycles. The summed E-state index contributed by atoms with van der Waals surface area (Å²) in [5.74, 6) is 0. The Morgan fingerprint density at radius 3 is 1.85 bits per heavy atom. The second-order valence-electron chi connectivity index (χ2n) is 4.73. The summed E-state index contributed by atoms with van der Waals surface area (Å²) in [5.41, 5.74) is 2.23. The van der Waals surface area contributed by atoms with E-state index >= 15 is 0 Å². The van der Waals surface area contributed by atoms with E-state index in [2.05, 4.69) is 17.4 Å². The van der Waals surface area contributed by atoms with Gasteiger partial charge in [0.15, 0.2) is 0 Å². The minimum absolute atomic E-state index is 0.0526. The number of benzene rings is 2. The van der Waals surface area contributed by atoms with Crippen LogP contribution in [0.5, 0.6) is 0 Å². The highest BCUT2D eigenvalue weighted by Gasteiger charge is 2.17. The molecule has 0 fully saturated rings. The average molecular weight is 271 g/mol. The number of hydrogen-bond donors (Lipinski definition) is 2. The maximum absolute atomic E-state index is 9.64. The molecule has 0 amide bonds. The van der Waals surface area contributed by atoms with Crippen LogP contribution in [0.3, 0.4) is 0 Å². The number of ether oxygens (including phenoxy) is 1. The van der Waals surface area contributed by atoms with E-state index in [-0.39, 0.29) is 18.7 Å². The molecule has 2 atom stereocenters. The highest BCUT2D eigenvalue weighted by Crippen LogP contribution is 2.19. The molecular formula is C17H21NO2. The van der Waals surface area contributed by atoms with E-state index in [1.165, 1.54) is 0 Å². The lowest BCUT2D eigenvalue weighted by atomic mass is 10.0. The van der Waals surface area contributed by atoms with Gasteiger partial charge in [0.1, 0.15) is 0 Å². The fourth-order valence-electron chi connectivity index (χ4n) is 2.28. The first-order valence-corrected chi connectivity index (χ1v) is 6.81. The Morgan fingerprint density at radius 1 is 0.900 bits per heavy atom. The zero-order valence-corrected chi connectivity index (χ0v) is 11.7. The van der Waals surface area contributed by atoms with Gasteiger partial charge in [-0.15, -0.1) is 0 Å². The van der Waals surface area contributed by atoms with Crippen LogP contribution in [-0.4, -0.2) is 25.4 Å². The van der Waals surface area contributed by atoms with Gasteiger partial charge in [-0.05, 0) is 11.1 Å². The Hall–Kier alpha value is -1.68. The topological polar surface area (TPSA) is 41.5 Å². The third-order valence-electron chi connectivity index (χ3n) is 3.32. The Labute approximate surface area is 120 Å². The lowest BCUT2D eigenvalue weighted by Crippen LogP contribution is -2.31. The van der Waals surface area contributed by atoms with Gasteiger partial charge in [-0.3, -0.25) is 5.32 Å². The lowest BCUT2D eigenvalue weighted by Gasteiger charge is -2.25. The molecule has 106 valence electrons. The molecule has 20 heavy (non-hydrogen) atoms. The Morgan fingerprint density at radius 2 is 1.40 bits per heavy atom. The Kier molecular flexibility index (Phi) is 5.74. The molecule has 0 aliphatic rings. The average Bonchev–Trinajstić information content (AvgIpc) is 2.53. The molecule has 0 heterocycles. The van der Waals surface area contributed by atoms with Crippen molar-refractivity contribution in [2.75, 3.05) is 20.3 Å². The predicted octanol–water partition coefficient (Wildman–Crippen LogP) is 2.70. The van der Waals surface area contributed by atoms with Crippen LogP contribution in [0.15, 0.2) is 60.7 Å². The van der Waals surface area contributed by atoms with Crippen LogP contribution in [0.4, 0.5) is 0 Å². The van der Waals surface area contributed by atoms with Gasteiger partial charge >= 0.3 is 0 Å². The molecule has 0 bridgehead atoms. The normalized spacial score (nSPS) is 13.9. The summed E-state index contributed by atoms with van der Waals surface area (Å²) in [4.78, 5) is 0.